The number of hydrogen-bond donors (Lipinski definition) is 1. The molecule has 0 aliphatic carbocycles. The topological polar surface area (TPSA) is 75.3 Å². The minimum atomic E-state index is -0.268. The summed E-state index contributed by atoms with van der Waals surface area (Å²) in [6.45, 7) is 0.221. The lowest BCUT2D eigenvalue weighted by atomic mass is 9.81. The van der Waals surface area contributed by atoms with Crippen LogP contribution in [0.25, 0.3) is 11.0 Å². The van der Waals surface area contributed by atoms with Gasteiger partial charge in [-0.25, -0.2) is 4.98 Å². The van der Waals surface area contributed by atoms with Gasteiger partial charge in [-0.05, 0) is 25.0 Å². The van der Waals surface area contributed by atoms with E-state index in [9.17, 15) is 9.59 Å². The number of rotatable bonds is 2. The molecule has 0 saturated carbocycles. The van der Waals surface area contributed by atoms with Crippen molar-refractivity contribution in [2.45, 2.75) is 31.6 Å². The van der Waals surface area contributed by atoms with E-state index in [1.54, 1.807) is 0 Å². The van der Waals surface area contributed by atoms with E-state index in [0.29, 0.717) is 5.82 Å². The van der Waals surface area contributed by atoms with Crippen LogP contribution in [0, 0.1) is 11.8 Å². The fourth-order valence-electron chi connectivity index (χ4n) is 4.16. The SMILES string of the molecule is O=C1[C@@H]2[C@H](C(=O)N1Cc1nc3ccccc3[nH]1)[C@H]1CC[C@@H]2O1. The van der Waals surface area contributed by atoms with Crippen LogP contribution >= 0.6 is 0 Å². The van der Waals surface area contributed by atoms with Gasteiger partial charge in [-0.1, -0.05) is 12.1 Å². The number of hydrogen-bond acceptors (Lipinski definition) is 4. The summed E-state index contributed by atoms with van der Waals surface area (Å²) < 4.78 is 5.73. The van der Waals surface area contributed by atoms with Gasteiger partial charge in [0.15, 0.2) is 0 Å². The number of H-pyrrole nitrogens is 1. The van der Waals surface area contributed by atoms with Gasteiger partial charge in [0.25, 0.3) is 0 Å². The van der Waals surface area contributed by atoms with Crippen LogP contribution in [0.4, 0.5) is 0 Å². The van der Waals surface area contributed by atoms with Crippen LogP contribution in [0.1, 0.15) is 18.7 Å². The Bertz CT molecular complexity index is 738. The molecule has 2 aromatic rings. The summed E-state index contributed by atoms with van der Waals surface area (Å²) in [7, 11) is 0. The maximum Gasteiger partial charge on any atom is 0.236 e. The molecule has 1 aromatic carbocycles. The average Bonchev–Trinajstić information content (AvgIpc) is 3.26. The van der Waals surface area contributed by atoms with Gasteiger partial charge in [0.05, 0.1) is 41.6 Å². The molecule has 0 unspecified atom stereocenters. The zero-order valence-electron chi connectivity index (χ0n) is 11.9. The van der Waals surface area contributed by atoms with E-state index in [-0.39, 0.29) is 42.4 Å². The molecule has 4 heterocycles. The first-order valence-electron chi connectivity index (χ1n) is 7.67. The normalized spacial score (nSPS) is 33.2. The van der Waals surface area contributed by atoms with Crippen molar-refractivity contribution >= 4 is 22.8 Å². The molecule has 0 radical (unpaired) electrons. The average molecular weight is 297 g/mol. The molecular formula is C16H15N3O3. The molecule has 3 aliphatic rings. The number of fused-ring (bicyclic) bond motifs is 6. The first-order chi connectivity index (χ1) is 10.7. The van der Waals surface area contributed by atoms with Gasteiger partial charge < -0.3 is 9.72 Å². The molecule has 112 valence electrons. The Morgan fingerprint density at radius 2 is 1.82 bits per heavy atom. The van der Waals surface area contributed by atoms with Crippen LogP contribution in [0.2, 0.25) is 0 Å². The number of para-hydroxylation sites is 2. The Morgan fingerprint density at radius 1 is 1.14 bits per heavy atom. The van der Waals surface area contributed by atoms with Crippen molar-refractivity contribution < 1.29 is 14.3 Å². The molecule has 22 heavy (non-hydrogen) atoms. The zero-order valence-corrected chi connectivity index (χ0v) is 11.9. The number of nitrogens with zero attached hydrogens (tertiary/aromatic N) is 2. The van der Waals surface area contributed by atoms with E-state index < -0.39 is 0 Å². The highest BCUT2D eigenvalue weighted by molar-refractivity contribution is 6.06. The number of nitrogens with one attached hydrogen (secondary N) is 1. The summed E-state index contributed by atoms with van der Waals surface area (Å²) in [5.74, 6) is -0.0762. The minimum Gasteiger partial charge on any atom is -0.373 e. The molecular weight excluding hydrogens is 282 g/mol. The first-order valence-corrected chi connectivity index (χ1v) is 7.67. The van der Waals surface area contributed by atoms with Gasteiger partial charge in [-0.3, -0.25) is 14.5 Å². The number of imide groups is 1. The van der Waals surface area contributed by atoms with Crippen LogP contribution in [-0.2, 0) is 20.9 Å². The molecule has 2 amide bonds. The molecule has 0 spiro atoms. The van der Waals surface area contributed by atoms with E-state index in [2.05, 4.69) is 9.97 Å². The second kappa shape index (κ2) is 4.16. The van der Waals surface area contributed by atoms with Gasteiger partial charge >= 0.3 is 0 Å². The highest BCUT2D eigenvalue weighted by Crippen LogP contribution is 2.48. The lowest BCUT2D eigenvalue weighted by Gasteiger charge is -2.15. The number of benzene rings is 1. The molecule has 1 N–H and O–H groups in total. The number of carbonyl (C=O) groups excluding carboxylic acids is 2. The maximum atomic E-state index is 12.6. The fourth-order valence-corrected chi connectivity index (χ4v) is 4.16. The van der Waals surface area contributed by atoms with E-state index in [0.717, 1.165) is 23.9 Å². The molecule has 3 saturated heterocycles. The smallest absolute Gasteiger partial charge is 0.236 e. The van der Waals surface area contributed by atoms with Gasteiger partial charge in [-0.2, -0.15) is 0 Å². The third kappa shape index (κ3) is 1.50. The van der Waals surface area contributed by atoms with Gasteiger partial charge in [0.1, 0.15) is 5.82 Å². The van der Waals surface area contributed by atoms with Crippen LogP contribution in [0.15, 0.2) is 24.3 Å². The van der Waals surface area contributed by atoms with Crippen molar-refractivity contribution in [2.24, 2.45) is 11.8 Å². The summed E-state index contributed by atoms with van der Waals surface area (Å²) in [4.78, 5) is 34.2. The van der Waals surface area contributed by atoms with Crippen molar-refractivity contribution in [1.82, 2.24) is 14.9 Å². The van der Waals surface area contributed by atoms with Gasteiger partial charge in [-0.15, -0.1) is 0 Å². The Labute approximate surface area is 126 Å². The monoisotopic (exact) mass is 297 g/mol. The predicted octanol–water partition coefficient (Wildman–Crippen LogP) is 1.23. The Balaban J connectivity index is 1.46. The minimum absolute atomic E-state index is 0.0628. The Hall–Kier alpha value is -2.21. The lowest BCUT2D eigenvalue weighted by Crippen LogP contribution is -2.34. The third-order valence-corrected chi connectivity index (χ3v) is 5.12. The second-order valence-electron chi connectivity index (χ2n) is 6.31. The molecule has 1 aromatic heterocycles. The van der Waals surface area contributed by atoms with Crippen LogP contribution in [0.5, 0.6) is 0 Å². The standard InChI is InChI=1S/C16H15N3O3/c20-15-13-10-5-6-11(22-10)14(13)16(21)19(15)7-12-17-8-3-1-2-4-9(8)18-12/h1-4,10-11,13-14H,5-7H2,(H,17,18)/t10-,11+,13-,14+. The van der Waals surface area contributed by atoms with E-state index in [1.165, 1.54) is 4.90 Å². The Kier molecular flexibility index (Phi) is 2.34. The lowest BCUT2D eigenvalue weighted by molar-refractivity contribution is -0.143. The predicted molar refractivity (Wildman–Crippen MR) is 76.5 cm³/mol. The van der Waals surface area contributed by atoms with Crippen molar-refractivity contribution in [3.05, 3.63) is 30.1 Å². The van der Waals surface area contributed by atoms with Crippen molar-refractivity contribution in [3.8, 4) is 0 Å². The first kappa shape index (κ1) is 12.3. The number of ether oxygens (including phenoxy) is 1. The summed E-state index contributed by atoms with van der Waals surface area (Å²) >= 11 is 0. The molecule has 2 bridgehead atoms. The number of aromatic nitrogens is 2. The second-order valence-corrected chi connectivity index (χ2v) is 6.31. The highest BCUT2D eigenvalue weighted by atomic mass is 16.5. The number of imidazole rings is 1. The maximum absolute atomic E-state index is 12.6. The van der Waals surface area contributed by atoms with Gasteiger partial charge in [0, 0.05) is 0 Å². The molecule has 3 aliphatic heterocycles. The van der Waals surface area contributed by atoms with Crippen molar-refractivity contribution in [1.29, 1.82) is 0 Å². The van der Waals surface area contributed by atoms with Gasteiger partial charge in [0.2, 0.25) is 11.8 Å². The summed E-state index contributed by atoms with van der Waals surface area (Å²) in [6, 6.07) is 7.68. The van der Waals surface area contributed by atoms with Crippen LogP contribution in [0.3, 0.4) is 0 Å². The highest BCUT2D eigenvalue weighted by Gasteiger charge is 2.62. The molecule has 6 nitrogen and oxygen atoms in total. The van der Waals surface area contributed by atoms with Crippen molar-refractivity contribution in [2.75, 3.05) is 0 Å². The van der Waals surface area contributed by atoms with E-state index >= 15 is 0 Å². The molecule has 3 fully saturated rings. The van der Waals surface area contributed by atoms with Crippen LogP contribution < -0.4 is 0 Å². The van der Waals surface area contributed by atoms with E-state index in [4.69, 9.17) is 4.74 Å². The third-order valence-electron chi connectivity index (χ3n) is 5.12. The number of aromatic amines is 1. The quantitative estimate of drug-likeness (QED) is 0.846. The molecule has 6 heteroatoms. The summed E-state index contributed by atoms with van der Waals surface area (Å²) in [6.07, 6.45) is 1.66. The number of likely N-dealkylation sites (tertiary alicyclic amines) is 1. The van der Waals surface area contributed by atoms with Crippen molar-refractivity contribution in [3.63, 3.8) is 0 Å². The Morgan fingerprint density at radius 3 is 2.50 bits per heavy atom. The molecule has 5 rings (SSSR count). The van der Waals surface area contributed by atoms with Crippen LogP contribution in [-0.4, -0.2) is 38.9 Å². The van der Waals surface area contributed by atoms with E-state index in [1.807, 2.05) is 24.3 Å². The number of carbonyl (C=O) groups is 2. The zero-order chi connectivity index (χ0) is 14.8. The summed E-state index contributed by atoms with van der Waals surface area (Å²) in [5, 5.41) is 0. The number of amides is 2. The molecule has 4 atom stereocenters. The largest absolute Gasteiger partial charge is 0.373 e. The fraction of sp³-hybridized carbons (Fsp3) is 0.438. The summed E-state index contributed by atoms with van der Waals surface area (Å²) in [5.41, 5.74) is 1.76.